The summed E-state index contributed by atoms with van der Waals surface area (Å²) in [6.07, 6.45) is 0.837. The van der Waals surface area contributed by atoms with Gasteiger partial charge in [-0.05, 0) is 50.6 Å². The first-order valence-electron chi connectivity index (χ1n) is 9.64. The molecule has 2 rings (SSSR count). The second-order valence-corrected chi connectivity index (χ2v) is 7.00. The zero-order valence-corrected chi connectivity index (χ0v) is 17.9. The number of nitrogens with zero attached hydrogens (tertiary/aromatic N) is 2. The van der Waals surface area contributed by atoms with Crippen LogP contribution < -0.4 is 9.47 Å². The van der Waals surface area contributed by atoms with Gasteiger partial charge in [0.2, 0.25) is 5.78 Å². The summed E-state index contributed by atoms with van der Waals surface area (Å²) < 4.78 is 11.4. The van der Waals surface area contributed by atoms with Crippen LogP contribution in [-0.2, 0) is 4.79 Å². The van der Waals surface area contributed by atoms with Crippen LogP contribution in [0.1, 0.15) is 35.3 Å². The van der Waals surface area contributed by atoms with Crippen LogP contribution in [0.15, 0.2) is 48.0 Å². The van der Waals surface area contributed by atoms with Crippen molar-refractivity contribution in [3.8, 4) is 17.6 Å². The van der Waals surface area contributed by atoms with Crippen LogP contribution in [0.3, 0.4) is 0 Å². The number of carbonyl (C=O) groups excluding carboxylic acids is 2. The predicted molar refractivity (Wildman–Crippen MR) is 115 cm³/mol. The van der Waals surface area contributed by atoms with Gasteiger partial charge >= 0.3 is 0 Å². The molecule has 0 aliphatic heterocycles. The third kappa shape index (κ3) is 5.71. The Hall–Kier alpha value is -3.59. The minimum atomic E-state index is -0.682. The van der Waals surface area contributed by atoms with E-state index in [1.54, 1.807) is 57.4 Å². The SMILES string of the molecule is CCOc1cc(/C=C(\C#N)C(=O)c2cccc(C)c2)ccc1O[C@@H](C)C(=O)N(C)C. The molecule has 30 heavy (non-hydrogen) atoms. The number of ketones is 1. The Balaban J connectivity index is 2.34. The Morgan fingerprint density at radius 2 is 1.90 bits per heavy atom. The molecule has 1 amide bonds. The number of Topliss-reactive ketones (excluding diaryl/α,β-unsaturated/α-hetero) is 1. The Morgan fingerprint density at radius 3 is 2.50 bits per heavy atom. The zero-order valence-electron chi connectivity index (χ0n) is 17.9. The summed E-state index contributed by atoms with van der Waals surface area (Å²) in [5, 5.41) is 9.51. The molecule has 0 aromatic heterocycles. The summed E-state index contributed by atoms with van der Waals surface area (Å²) in [6.45, 7) is 5.79. The van der Waals surface area contributed by atoms with E-state index in [-0.39, 0.29) is 17.3 Å². The zero-order chi connectivity index (χ0) is 22.3. The molecule has 6 nitrogen and oxygen atoms in total. The average molecular weight is 406 g/mol. The molecule has 2 aromatic carbocycles. The molecule has 0 heterocycles. The Bertz CT molecular complexity index is 1000. The highest BCUT2D eigenvalue weighted by molar-refractivity contribution is 6.14. The van der Waals surface area contributed by atoms with Crippen LogP contribution in [0.2, 0.25) is 0 Å². The Kier molecular flexibility index (Phi) is 7.76. The highest BCUT2D eigenvalue weighted by Gasteiger charge is 2.19. The maximum Gasteiger partial charge on any atom is 0.262 e. The van der Waals surface area contributed by atoms with Gasteiger partial charge in [-0.25, -0.2) is 0 Å². The number of nitriles is 1. The van der Waals surface area contributed by atoms with E-state index in [0.29, 0.717) is 29.2 Å². The largest absolute Gasteiger partial charge is 0.490 e. The molecular formula is C24H26N2O4. The number of hydrogen-bond acceptors (Lipinski definition) is 5. The van der Waals surface area contributed by atoms with Crippen molar-refractivity contribution in [1.82, 2.24) is 4.90 Å². The van der Waals surface area contributed by atoms with E-state index >= 15 is 0 Å². The molecule has 0 spiro atoms. The lowest BCUT2D eigenvalue weighted by Gasteiger charge is -2.20. The van der Waals surface area contributed by atoms with E-state index < -0.39 is 6.10 Å². The quantitative estimate of drug-likeness (QED) is 0.376. The monoisotopic (exact) mass is 406 g/mol. The van der Waals surface area contributed by atoms with Crippen LogP contribution in [0.25, 0.3) is 6.08 Å². The Morgan fingerprint density at radius 1 is 1.17 bits per heavy atom. The topological polar surface area (TPSA) is 79.6 Å². The maximum absolute atomic E-state index is 12.7. The lowest BCUT2D eigenvalue weighted by molar-refractivity contribution is -0.135. The van der Waals surface area contributed by atoms with Gasteiger partial charge in [-0.2, -0.15) is 5.26 Å². The van der Waals surface area contributed by atoms with Crippen molar-refractivity contribution in [3.63, 3.8) is 0 Å². The van der Waals surface area contributed by atoms with Crippen molar-refractivity contribution in [2.45, 2.75) is 26.9 Å². The summed E-state index contributed by atoms with van der Waals surface area (Å²) >= 11 is 0. The highest BCUT2D eigenvalue weighted by Crippen LogP contribution is 2.30. The molecule has 1 atom stereocenters. The summed E-state index contributed by atoms with van der Waals surface area (Å²) in [7, 11) is 3.32. The first-order valence-corrected chi connectivity index (χ1v) is 9.64. The fourth-order valence-electron chi connectivity index (χ4n) is 2.84. The van der Waals surface area contributed by atoms with Gasteiger partial charge in [0.1, 0.15) is 11.6 Å². The van der Waals surface area contributed by atoms with Crippen molar-refractivity contribution in [2.24, 2.45) is 0 Å². The van der Waals surface area contributed by atoms with Crippen molar-refractivity contribution in [2.75, 3.05) is 20.7 Å². The van der Waals surface area contributed by atoms with Gasteiger partial charge in [-0.15, -0.1) is 0 Å². The number of hydrogen-bond donors (Lipinski definition) is 0. The minimum absolute atomic E-state index is 0.0212. The average Bonchev–Trinajstić information content (AvgIpc) is 2.72. The third-order valence-electron chi connectivity index (χ3n) is 4.32. The number of aryl methyl sites for hydroxylation is 1. The Labute approximate surface area is 177 Å². The van der Waals surface area contributed by atoms with Crippen LogP contribution in [0.4, 0.5) is 0 Å². The molecule has 0 N–H and O–H groups in total. The summed E-state index contributed by atoms with van der Waals surface area (Å²) in [5.41, 5.74) is 2.05. The molecule has 6 heteroatoms. The van der Waals surface area contributed by atoms with Crippen molar-refractivity contribution in [3.05, 3.63) is 64.7 Å². The van der Waals surface area contributed by atoms with Gasteiger partial charge in [0, 0.05) is 19.7 Å². The van der Waals surface area contributed by atoms with Crippen LogP contribution in [0, 0.1) is 18.3 Å². The van der Waals surface area contributed by atoms with Crippen molar-refractivity contribution < 1.29 is 19.1 Å². The third-order valence-corrected chi connectivity index (χ3v) is 4.32. The fourth-order valence-corrected chi connectivity index (χ4v) is 2.84. The number of benzene rings is 2. The maximum atomic E-state index is 12.7. The van der Waals surface area contributed by atoms with Gasteiger partial charge in [0.05, 0.1) is 6.61 Å². The number of likely N-dealkylation sites (N-methyl/N-ethyl adjacent to an activating group) is 1. The van der Waals surface area contributed by atoms with Crippen LogP contribution >= 0.6 is 0 Å². The van der Waals surface area contributed by atoms with E-state index in [0.717, 1.165) is 5.56 Å². The van der Waals surface area contributed by atoms with Gasteiger partial charge in [0.25, 0.3) is 5.91 Å². The van der Waals surface area contributed by atoms with E-state index in [2.05, 4.69) is 0 Å². The van der Waals surface area contributed by atoms with Crippen LogP contribution in [0.5, 0.6) is 11.5 Å². The summed E-state index contributed by atoms with van der Waals surface area (Å²) in [4.78, 5) is 26.2. The molecule has 0 unspecified atom stereocenters. The molecule has 0 fully saturated rings. The van der Waals surface area contributed by atoms with E-state index in [1.807, 2.05) is 26.0 Å². The van der Waals surface area contributed by atoms with Gasteiger partial charge < -0.3 is 14.4 Å². The predicted octanol–water partition coefficient (Wildman–Crippen LogP) is 4.04. The lowest BCUT2D eigenvalue weighted by atomic mass is 10.0. The van der Waals surface area contributed by atoms with Crippen molar-refractivity contribution >= 4 is 17.8 Å². The van der Waals surface area contributed by atoms with Gasteiger partial charge in [-0.1, -0.05) is 29.8 Å². The summed E-state index contributed by atoms with van der Waals surface area (Å²) in [5.74, 6) is 0.340. The smallest absolute Gasteiger partial charge is 0.262 e. The second kappa shape index (κ2) is 10.3. The number of rotatable bonds is 8. The van der Waals surface area contributed by atoms with Crippen molar-refractivity contribution in [1.29, 1.82) is 5.26 Å². The molecule has 0 saturated heterocycles. The molecule has 0 radical (unpaired) electrons. The molecule has 156 valence electrons. The lowest BCUT2D eigenvalue weighted by Crippen LogP contribution is -2.35. The van der Waals surface area contributed by atoms with Gasteiger partial charge in [0.15, 0.2) is 17.6 Å². The second-order valence-electron chi connectivity index (χ2n) is 7.00. The summed E-state index contributed by atoms with van der Waals surface area (Å²) in [6, 6.07) is 14.2. The highest BCUT2D eigenvalue weighted by atomic mass is 16.5. The number of amides is 1. The standard InChI is InChI=1S/C24H26N2O4/c1-6-29-22-14-18(10-11-21(22)30-17(3)24(28)26(4)5)13-20(15-25)23(27)19-9-7-8-16(2)12-19/h7-14,17H,6H2,1-5H3/b20-13+/t17-/m0/s1. The molecule has 0 saturated carbocycles. The first-order chi connectivity index (χ1) is 14.3. The number of allylic oxidation sites excluding steroid dienone is 1. The minimum Gasteiger partial charge on any atom is -0.490 e. The van der Waals surface area contributed by atoms with E-state index in [1.165, 1.54) is 11.0 Å². The van der Waals surface area contributed by atoms with E-state index in [4.69, 9.17) is 9.47 Å². The molecule has 0 bridgehead atoms. The molecule has 2 aromatic rings. The van der Waals surface area contributed by atoms with Crippen LogP contribution in [-0.4, -0.2) is 43.4 Å². The normalized spacial score (nSPS) is 11.9. The first kappa shape index (κ1) is 22.7. The molecule has 0 aliphatic rings. The number of ether oxygens (including phenoxy) is 2. The fraction of sp³-hybridized carbons (Fsp3) is 0.292. The molecule has 0 aliphatic carbocycles. The van der Waals surface area contributed by atoms with E-state index in [9.17, 15) is 14.9 Å². The molecular weight excluding hydrogens is 380 g/mol. The van der Waals surface area contributed by atoms with Gasteiger partial charge in [-0.3, -0.25) is 9.59 Å². The number of carbonyl (C=O) groups is 2.